The molecule has 0 spiro atoms. The molecule has 3 aromatic rings. The summed E-state index contributed by atoms with van der Waals surface area (Å²) in [4.78, 5) is 31.9. The number of nitrogens with zero attached hydrogens (tertiary/aromatic N) is 4. The first kappa shape index (κ1) is 17.8. The van der Waals surface area contributed by atoms with Crippen LogP contribution in [0.25, 0.3) is 10.3 Å². The highest BCUT2D eigenvalue weighted by molar-refractivity contribution is 7.73. The zero-order valence-electron chi connectivity index (χ0n) is 14.6. The molecule has 27 heavy (non-hydrogen) atoms. The summed E-state index contributed by atoms with van der Waals surface area (Å²) in [5, 5.41) is 0. The van der Waals surface area contributed by atoms with Crippen molar-refractivity contribution in [2.24, 2.45) is 0 Å². The smallest absolute Gasteiger partial charge is 0.273 e. The minimum absolute atomic E-state index is 0.0395. The molecule has 1 aliphatic rings. The fraction of sp³-hybridized carbons (Fsp3) is 0.263. The Labute approximate surface area is 165 Å². The molecule has 4 rings (SSSR count). The van der Waals surface area contributed by atoms with E-state index in [4.69, 9.17) is 12.2 Å². The number of carbonyl (C=O) groups is 1. The third-order valence-corrected chi connectivity index (χ3v) is 6.10. The van der Waals surface area contributed by atoms with Gasteiger partial charge in [0.25, 0.3) is 5.56 Å². The molecule has 0 saturated carbocycles. The molecule has 6 nitrogen and oxygen atoms in total. The first-order chi connectivity index (χ1) is 13.1. The van der Waals surface area contributed by atoms with Crippen LogP contribution in [-0.2, 0) is 24.3 Å². The number of thiazole rings is 1. The van der Waals surface area contributed by atoms with Crippen molar-refractivity contribution >= 4 is 45.5 Å². The van der Waals surface area contributed by atoms with Crippen LogP contribution in [0.15, 0.2) is 48.0 Å². The van der Waals surface area contributed by atoms with Crippen LogP contribution in [0.4, 0.5) is 5.69 Å². The van der Waals surface area contributed by atoms with Gasteiger partial charge in [0.2, 0.25) is 5.91 Å². The molecule has 0 aliphatic carbocycles. The summed E-state index contributed by atoms with van der Waals surface area (Å²) in [7, 11) is 0. The zero-order chi connectivity index (χ0) is 19.0. The van der Waals surface area contributed by atoms with E-state index >= 15 is 0 Å². The molecule has 0 fully saturated rings. The summed E-state index contributed by atoms with van der Waals surface area (Å²) >= 11 is 6.55. The Morgan fingerprint density at radius 2 is 2.19 bits per heavy atom. The van der Waals surface area contributed by atoms with Crippen LogP contribution in [0.5, 0.6) is 0 Å². The molecular weight excluding hydrogens is 380 g/mol. The Morgan fingerprint density at radius 3 is 3.00 bits per heavy atom. The highest BCUT2D eigenvalue weighted by Crippen LogP contribution is 2.27. The van der Waals surface area contributed by atoms with Crippen LogP contribution < -0.4 is 10.5 Å². The molecule has 0 radical (unpaired) electrons. The molecule has 1 aliphatic heterocycles. The first-order valence-corrected chi connectivity index (χ1v) is 9.90. The Balaban J connectivity index is 1.67. The van der Waals surface area contributed by atoms with Gasteiger partial charge in [-0.1, -0.05) is 35.6 Å². The number of hydrogen-bond acceptors (Lipinski definition) is 5. The highest BCUT2D eigenvalue weighted by atomic mass is 32.1. The molecule has 2 aromatic heterocycles. The Hall–Kier alpha value is -2.58. The SMILES string of the molecule is C=CCn1c(=S)sc2c(=O)n(CC(=O)N3CCCc4ccccc43)cnc21. The third-order valence-electron chi connectivity index (χ3n) is 4.67. The van der Waals surface area contributed by atoms with Crippen LogP contribution >= 0.6 is 23.6 Å². The van der Waals surface area contributed by atoms with E-state index in [-0.39, 0.29) is 18.0 Å². The van der Waals surface area contributed by atoms with Gasteiger partial charge >= 0.3 is 0 Å². The molecular formula is C19H18N4O2S2. The van der Waals surface area contributed by atoms with Crippen molar-refractivity contribution in [2.75, 3.05) is 11.4 Å². The molecule has 0 bridgehead atoms. The van der Waals surface area contributed by atoms with Crippen molar-refractivity contribution < 1.29 is 4.79 Å². The van der Waals surface area contributed by atoms with Gasteiger partial charge in [0.1, 0.15) is 17.6 Å². The zero-order valence-corrected chi connectivity index (χ0v) is 16.3. The second-order valence-electron chi connectivity index (χ2n) is 6.38. The lowest BCUT2D eigenvalue weighted by molar-refractivity contribution is -0.119. The topological polar surface area (TPSA) is 60.1 Å². The maximum atomic E-state index is 12.9. The van der Waals surface area contributed by atoms with Crippen LogP contribution in [0.1, 0.15) is 12.0 Å². The average molecular weight is 399 g/mol. The minimum Gasteiger partial charge on any atom is -0.311 e. The maximum Gasteiger partial charge on any atom is 0.273 e. The van der Waals surface area contributed by atoms with E-state index in [0.29, 0.717) is 27.4 Å². The standard InChI is InChI=1S/C19H18N4O2S2/c1-2-9-23-17-16(27-19(23)26)18(25)21(12-20-17)11-15(24)22-10-5-7-13-6-3-4-8-14(13)22/h2-4,6,8,12H,1,5,7,9-11H2. The summed E-state index contributed by atoms with van der Waals surface area (Å²) in [6.45, 7) is 4.83. The molecule has 0 unspecified atom stereocenters. The van der Waals surface area contributed by atoms with Crippen molar-refractivity contribution in [3.05, 3.63) is 63.1 Å². The number of anilines is 1. The lowest BCUT2D eigenvalue weighted by atomic mass is 10.0. The van der Waals surface area contributed by atoms with Crippen LogP contribution in [0.3, 0.4) is 0 Å². The summed E-state index contributed by atoms with van der Waals surface area (Å²) < 4.78 is 4.18. The number of hydrogen-bond donors (Lipinski definition) is 0. The van der Waals surface area contributed by atoms with E-state index in [2.05, 4.69) is 11.6 Å². The molecule has 138 valence electrons. The van der Waals surface area contributed by atoms with Crippen molar-refractivity contribution in [3.8, 4) is 0 Å². The van der Waals surface area contributed by atoms with Crippen molar-refractivity contribution in [1.82, 2.24) is 14.1 Å². The predicted molar refractivity (Wildman–Crippen MR) is 110 cm³/mol. The number of amides is 1. The van der Waals surface area contributed by atoms with Gasteiger partial charge in [-0.3, -0.25) is 14.2 Å². The fourth-order valence-electron chi connectivity index (χ4n) is 3.40. The molecule has 3 heterocycles. The number of benzene rings is 1. The number of aryl methyl sites for hydroxylation is 1. The highest BCUT2D eigenvalue weighted by Gasteiger charge is 2.23. The number of rotatable bonds is 4. The van der Waals surface area contributed by atoms with Gasteiger partial charge in [-0.15, -0.1) is 6.58 Å². The van der Waals surface area contributed by atoms with Crippen molar-refractivity contribution in [1.29, 1.82) is 0 Å². The summed E-state index contributed by atoms with van der Waals surface area (Å²) in [5.74, 6) is -0.112. The lowest BCUT2D eigenvalue weighted by Crippen LogP contribution is -2.39. The molecule has 0 N–H and O–H groups in total. The normalized spacial score (nSPS) is 13.6. The number of fused-ring (bicyclic) bond motifs is 2. The maximum absolute atomic E-state index is 12.9. The van der Waals surface area contributed by atoms with E-state index in [9.17, 15) is 9.59 Å². The summed E-state index contributed by atoms with van der Waals surface area (Å²) in [6, 6.07) is 7.91. The van der Waals surface area contributed by atoms with Gasteiger partial charge in [-0.25, -0.2) is 4.98 Å². The van der Waals surface area contributed by atoms with Gasteiger partial charge in [0.15, 0.2) is 9.60 Å². The predicted octanol–water partition coefficient (Wildman–Crippen LogP) is 3.15. The fourth-order valence-corrected chi connectivity index (χ4v) is 4.71. The van der Waals surface area contributed by atoms with E-state index < -0.39 is 0 Å². The number of carbonyl (C=O) groups excluding carboxylic acids is 1. The number of allylic oxidation sites excluding steroid dienone is 1. The minimum atomic E-state index is -0.238. The molecule has 0 saturated heterocycles. The molecule has 0 atom stereocenters. The largest absolute Gasteiger partial charge is 0.311 e. The van der Waals surface area contributed by atoms with Crippen LogP contribution in [0.2, 0.25) is 0 Å². The van der Waals surface area contributed by atoms with Gasteiger partial charge in [-0.2, -0.15) is 0 Å². The monoisotopic (exact) mass is 398 g/mol. The van der Waals surface area contributed by atoms with Crippen molar-refractivity contribution in [3.63, 3.8) is 0 Å². The summed E-state index contributed by atoms with van der Waals surface area (Å²) in [5.41, 5.74) is 2.40. The van der Waals surface area contributed by atoms with Gasteiger partial charge < -0.3 is 9.47 Å². The average Bonchev–Trinajstić information content (AvgIpc) is 3.00. The van der Waals surface area contributed by atoms with E-state index in [1.807, 2.05) is 24.3 Å². The van der Waals surface area contributed by atoms with E-state index in [1.54, 1.807) is 15.5 Å². The first-order valence-electron chi connectivity index (χ1n) is 8.68. The van der Waals surface area contributed by atoms with Gasteiger partial charge in [0.05, 0.1) is 0 Å². The summed E-state index contributed by atoms with van der Waals surface area (Å²) in [6.07, 6.45) is 5.03. The molecule has 1 amide bonds. The number of para-hydroxylation sites is 1. The second kappa shape index (κ2) is 7.21. The van der Waals surface area contributed by atoms with Gasteiger partial charge in [0, 0.05) is 18.8 Å². The Morgan fingerprint density at radius 1 is 1.37 bits per heavy atom. The lowest BCUT2D eigenvalue weighted by Gasteiger charge is -2.29. The Bertz CT molecular complexity index is 1160. The van der Waals surface area contributed by atoms with E-state index in [0.717, 1.165) is 24.1 Å². The van der Waals surface area contributed by atoms with E-state index in [1.165, 1.54) is 22.2 Å². The van der Waals surface area contributed by atoms with Crippen molar-refractivity contribution in [2.45, 2.75) is 25.9 Å². The molecule has 8 heteroatoms. The van der Waals surface area contributed by atoms with Gasteiger partial charge in [-0.05, 0) is 36.7 Å². The molecule has 1 aromatic carbocycles. The Kier molecular flexibility index (Phi) is 4.75. The third kappa shape index (κ3) is 3.15. The van der Waals surface area contributed by atoms with Crippen LogP contribution in [-0.4, -0.2) is 26.6 Å². The van der Waals surface area contributed by atoms with Crippen LogP contribution in [0, 0.1) is 3.95 Å². The number of aromatic nitrogens is 3. The quantitative estimate of drug-likeness (QED) is 0.500. The second-order valence-corrected chi connectivity index (χ2v) is 8.02.